The van der Waals surface area contributed by atoms with Crippen LogP contribution >= 0.6 is 0 Å². The van der Waals surface area contributed by atoms with Crippen LogP contribution in [0.5, 0.6) is 0 Å². The Balaban J connectivity index is 2.19. The molecule has 1 saturated heterocycles. The highest BCUT2D eigenvalue weighted by Crippen LogP contribution is 2.24. The number of quaternary nitrogens is 1. The Hall–Kier alpha value is -2.86. The number of nitrogens with zero attached hydrogens (tertiary/aromatic N) is 4. The molecule has 3 rings (SSSR count). The summed E-state index contributed by atoms with van der Waals surface area (Å²) in [7, 11) is 2.06. The lowest BCUT2D eigenvalue weighted by molar-refractivity contribution is -0.880. The van der Waals surface area contributed by atoms with E-state index in [0.717, 1.165) is 19.2 Å². The molecule has 0 atom stereocenters. The first-order chi connectivity index (χ1) is 10.9. The molecule has 1 aromatic carbocycles. The molecule has 0 bridgehead atoms. The topological polar surface area (TPSA) is 111 Å². The van der Waals surface area contributed by atoms with Crippen molar-refractivity contribution in [3.8, 4) is 6.07 Å². The molecule has 0 spiro atoms. The molecule has 3 N–H and O–H groups in total. The number of likely N-dealkylation sites (N-methyl/N-ethyl adjacent to an activating group) is 1. The minimum atomic E-state index is -0.602. The van der Waals surface area contributed by atoms with Crippen molar-refractivity contribution in [1.29, 1.82) is 5.26 Å². The number of fused-ring (bicyclic) bond motifs is 1. The molecule has 0 aliphatic carbocycles. The quantitative estimate of drug-likeness (QED) is 0.468. The lowest BCUT2D eigenvalue weighted by atomic mass is 10.2. The van der Waals surface area contributed by atoms with Crippen molar-refractivity contribution in [1.82, 2.24) is 0 Å². The molecule has 0 amide bonds. The molecular formula is C14H16FN6O2+. The minimum Gasteiger partial charge on any atom is -0.710 e. The van der Waals surface area contributed by atoms with Crippen molar-refractivity contribution < 1.29 is 18.8 Å². The summed E-state index contributed by atoms with van der Waals surface area (Å²) in [6.45, 7) is 3.00. The van der Waals surface area contributed by atoms with Crippen LogP contribution in [0.4, 0.5) is 15.9 Å². The summed E-state index contributed by atoms with van der Waals surface area (Å²) >= 11 is 0. The number of rotatable bonds is 1. The summed E-state index contributed by atoms with van der Waals surface area (Å²) in [5.74, 6) is -1.09. The second-order valence-corrected chi connectivity index (χ2v) is 5.67. The van der Waals surface area contributed by atoms with Gasteiger partial charge in [-0.1, -0.05) is 0 Å². The molecule has 2 heterocycles. The molecule has 8 nitrogen and oxygen atoms in total. The number of hydrogen-bond donors (Lipinski definition) is 2. The number of nitrogens with two attached hydrogens (primary N) is 1. The third kappa shape index (κ3) is 2.33. The largest absolute Gasteiger partial charge is 0.710 e. The molecule has 1 aromatic heterocycles. The summed E-state index contributed by atoms with van der Waals surface area (Å²) in [4.78, 5) is 3.19. The van der Waals surface area contributed by atoms with Gasteiger partial charge in [0, 0.05) is 6.07 Å². The molecule has 1 fully saturated rings. The van der Waals surface area contributed by atoms with Crippen molar-refractivity contribution >= 4 is 22.5 Å². The van der Waals surface area contributed by atoms with E-state index in [0.29, 0.717) is 17.8 Å². The van der Waals surface area contributed by atoms with Crippen LogP contribution in [0.3, 0.4) is 0 Å². The Bertz CT molecular complexity index is 827. The van der Waals surface area contributed by atoms with Gasteiger partial charge in [-0.3, -0.25) is 5.73 Å². The maximum absolute atomic E-state index is 14.4. The van der Waals surface area contributed by atoms with Crippen LogP contribution in [0.2, 0.25) is 0 Å². The van der Waals surface area contributed by atoms with Crippen LogP contribution in [-0.2, 0) is 0 Å². The van der Waals surface area contributed by atoms with E-state index in [1.165, 1.54) is 11.0 Å². The van der Waals surface area contributed by atoms with Gasteiger partial charge in [0.05, 0.1) is 45.0 Å². The molecular weight excluding hydrogens is 303 g/mol. The van der Waals surface area contributed by atoms with Gasteiger partial charge >= 0.3 is 11.5 Å². The zero-order chi connectivity index (χ0) is 16.7. The monoisotopic (exact) mass is 319 g/mol. The van der Waals surface area contributed by atoms with Crippen LogP contribution in [0.15, 0.2) is 12.1 Å². The number of aromatic nitrogens is 2. The molecule has 2 aromatic rings. The molecule has 23 heavy (non-hydrogen) atoms. The van der Waals surface area contributed by atoms with Crippen molar-refractivity contribution in [2.45, 2.75) is 0 Å². The highest BCUT2D eigenvalue weighted by Gasteiger charge is 2.27. The average molecular weight is 319 g/mol. The van der Waals surface area contributed by atoms with Gasteiger partial charge in [0.2, 0.25) is 5.52 Å². The lowest BCUT2D eigenvalue weighted by Gasteiger charge is -2.31. The van der Waals surface area contributed by atoms with Crippen molar-refractivity contribution in [2.24, 2.45) is 0 Å². The van der Waals surface area contributed by atoms with E-state index in [4.69, 9.17) is 11.0 Å². The summed E-state index contributed by atoms with van der Waals surface area (Å²) in [6.07, 6.45) is 0. The van der Waals surface area contributed by atoms with Gasteiger partial charge < -0.3 is 20.2 Å². The van der Waals surface area contributed by atoms with Gasteiger partial charge in [-0.25, -0.2) is 9.12 Å². The smallest absolute Gasteiger partial charge is 0.385 e. The summed E-state index contributed by atoms with van der Waals surface area (Å²) in [5, 5.41) is 33.2. The maximum atomic E-state index is 14.4. The van der Waals surface area contributed by atoms with Crippen molar-refractivity contribution in [2.75, 3.05) is 43.9 Å². The third-order valence-corrected chi connectivity index (χ3v) is 4.21. The van der Waals surface area contributed by atoms with Crippen LogP contribution < -0.4 is 25.0 Å². The van der Waals surface area contributed by atoms with Crippen LogP contribution in [0.25, 0.3) is 11.0 Å². The normalized spacial score (nSPS) is 15.8. The summed E-state index contributed by atoms with van der Waals surface area (Å²) < 4.78 is 14.9. The average Bonchev–Trinajstić information content (AvgIpc) is 2.54. The predicted octanol–water partition coefficient (Wildman–Crippen LogP) is -1.97. The maximum Gasteiger partial charge on any atom is 0.385 e. The van der Waals surface area contributed by atoms with Gasteiger partial charge in [0.15, 0.2) is 11.9 Å². The summed E-state index contributed by atoms with van der Waals surface area (Å²) in [5.41, 5.74) is 4.99. The number of halogens is 1. The number of nitrogens with one attached hydrogen (secondary N) is 1. The SMILES string of the molecule is C[NH+]1CCN(c2cc3c(cc2F)[n+]([O-])c(C#N)c(N)[n+]3[O-])CC1. The fourth-order valence-electron chi connectivity index (χ4n) is 2.79. The molecule has 1 aliphatic heterocycles. The highest BCUT2D eigenvalue weighted by atomic mass is 19.1. The van der Waals surface area contributed by atoms with Gasteiger partial charge in [0.1, 0.15) is 0 Å². The molecule has 120 valence electrons. The van der Waals surface area contributed by atoms with Gasteiger partial charge in [-0.05, 0) is 0 Å². The molecule has 9 heteroatoms. The Morgan fingerprint density at radius 1 is 1.26 bits per heavy atom. The van der Waals surface area contributed by atoms with Crippen molar-refractivity contribution in [3.05, 3.63) is 34.1 Å². The van der Waals surface area contributed by atoms with Crippen LogP contribution in [0, 0.1) is 27.6 Å². The number of hydrogen-bond acceptors (Lipinski definition) is 5. The number of benzene rings is 1. The number of anilines is 2. The van der Waals surface area contributed by atoms with Gasteiger partial charge in [0.25, 0.3) is 5.52 Å². The number of nitriles is 1. The van der Waals surface area contributed by atoms with Crippen molar-refractivity contribution in [3.63, 3.8) is 0 Å². The molecule has 0 unspecified atom stereocenters. The van der Waals surface area contributed by atoms with E-state index in [1.54, 1.807) is 6.07 Å². The number of piperazine rings is 1. The van der Waals surface area contributed by atoms with Gasteiger partial charge in [-0.15, -0.1) is 4.73 Å². The Morgan fingerprint density at radius 2 is 1.87 bits per heavy atom. The first-order valence-corrected chi connectivity index (χ1v) is 7.18. The molecule has 1 aliphatic rings. The Morgan fingerprint density at radius 3 is 2.48 bits per heavy atom. The molecule has 0 radical (unpaired) electrons. The van der Waals surface area contributed by atoms with E-state index in [1.807, 2.05) is 4.90 Å². The van der Waals surface area contributed by atoms with E-state index in [9.17, 15) is 14.8 Å². The van der Waals surface area contributed by atoms with E-state index in [2.05, 4.69) is 7.05 Å². The summed E-state index contributed by atoms with van der Waals surface area (Å²) in [6, 6.07) is 3.88. The fourth-order valence-corrected chi connectivity index (χ4v) is 2.79. The zero-order valence-electron chi connectivity index (χ0n) is 12.5. The van der Waals surface area contributed by atoms with E-state index < -0.39 is 17.3 Å². The Kier molecular flexibility index (Phi) is 3.54. The standard InChI is InChI=1S/C14H15FN6O2/c1-18-2-4-19(5-3-18)10-7-12-11(6-9(10)15)20(22)13(8-16)14(17)21(12)23/h6-7H,2-5,17H2,1H3/p+1. The van der Waals surface area contributed by atoms with E-state index >= 15 is 0 Å². The second kappa shape index (κ2) is 5.40. The van der Waals surface area contributed by atoms with Crippen LogP contribution in [0.1, 0.15) is 5.69 Å². The zero-order valence-corrected chi connectivity index (χ0v) is 12.5. The highest BCUT2D eigenvalue weighted by molar-refractivity contribution is 5.75. The first-order valence-electron chi connectivity index (χ1n) is 7.18. The second-order valence-electron chi connectivity index (χ2n) is 5.67. The lowest BCUT2D eigenvalue weighted by Crippen LogP contribution is -3.12. The predicted molar refractivity (Wildman–Crippen MR) is 79.8 cm³/mol. The first kappa shape index (κ1) is 15.1. The fraction of sp³-hybridized carbons (Fsp3) is 0.357. The van der Waals surface area contributed by atoms with E-state index in [-0.39, 0.29) is 21.5 Å². The third-order valence-electron chi connectivity index (χ3n) is 4.21. The Labute approximate surface area is 131 Å². The van der Waals surface area contributed by atoms with Crippen LogP contribution in [-0.4, -0.2) is 33.2 Å². The number of nitrogen functional groups attached to an aromatic ring is 1. The minimum absolute atomic E-state index is 0.0563. The van der Waals surface area contributed by atoms with Gasteiger partial charge in [-0.2, -0.15) is 5.26 Å². The molecule has 0 saturated carbocycles.